The van der Waals surface area contributed by atoms with Crippen molar-refractivity contribution in [3.8, 4) is 11.8 Å². The van der Waals surface area contributed by atoms with Crippen molar-refractivity contribution in [1.82, 2.24) is 0 Å². The number of hydrogen-bond acceptors (Lipinski definition) is 2. The van der Waals surface area contributed by atoms with E-state index in [-0.39, 0.29) is 0 Å². The number of nitrogens with zero attached hydrogens (tertiary/aromatic N) is 1. The smallest absolute Gasteiger partial charge is 0.148 e. The summed E-state index contributed by atoms with van der Waals surface area (Å²) >= 11 is 10.7. The van der Waals surface area contributed by atoms with Gasteiger partial charge in [-0.15, -0.1) is 0 Å². The maximum absolute atomic E-state index is 9.62. The fraction of sp³-hybridized carbons (Fsp3) is 0.0385. The van der Waals surface area contributed by atoms with Crippen molar-refractivity contribution in [3.05, 3.63) is 109 Å². The molecule has 5 heteroatoms. The summed E-state index contributed by atoms with van der Waals surface area (Å²) < 4.78 is 8.78. The van der Waals surface area contributed by atoms with Gasteiger partial charge in [0.15, 0.2) is 0 Å². The fourth-order valence-electron chi connectivity index (χ4n) is 3.35. The lowest BCUT2D eigenvalue weighted by molar-refractivity contribution is 0.303. The molecular formula is C26H16Br3NO. The molecular weight excluding hydrogens is 582 g/mol. The molecule has 0 amide bonds. The first-order valence-electron chi connectivity index (χ1n) is 9.51. The van der Waals surface area contributed by atoms with Gasteiger partial charge in [0.25, 0.3) is 0 Å². The molecule has 0 fully saturated rings. The molecule has 31 heavy (non-hydrogen) atoms. The molecule has 0 saturated carbocycles. The average molecular weight is 598 g/mol. The van der Waals surface area contributed by atoms with Crippen molar-refractivity contribution >= 4 is 70.2 Å². The van der Waals surface area contributed by atoms with Crippen molar-refractivity contribution < 1.29 is 4.74 Å². The number of halogens is 3. The van der Waals surface area contributed by atoms with E-state index in [9.17, 15) is 5.26 Å². The van der Waals surface area contributed by atoms with Crippen LogP contribution in [0.4, 0.5) is 0 Å². The van der Waals surface area contributed by atoms with Crippen LogP contribution >= 0.6 is 47.8 Å². The third-order valence-electron chi connectivity index (χ3n) is 4.86. The standard InChI is InChI=1S/C26H16Br3NO/c27-22-10-8-18(9-11-22)21(15-30)12-17-13-24(28)26(25(29)14-17)31-16-20-6-3-5-19-4-1-2-7-23(19)20/h1-14H,16H2/b21-12-. The van der Waals surface area contributed by atoms with E-state index in [2.05, 4.69) is 78.1 Å². The van der Waals surface area contributed by atoms with E-state index >= 15 is 0 Å². The molecule has 0 N–H and O–H groups in total. The number of fused-ring (bicyclic) bond motifs is 1. The molecule has 2 nitrogen and oxygen atoms in total. The molecule has 0 aromatic heterocycles. The van der Waals surface area contributed by atoms with Gasteiger partial charge >= 0.3 is 0 Å². The summed E-state index contributed by atoms with van der Waals surface area (Å²) in [6.45, 7) is 0.454. The minimum atomic E-state index is 0.454. The first-order valence-corrected chi connectivity index (χ1v) is 11.9. The van der Waals surface area contributed by atoms with E-state index in [1.807, 2.05) is 60.7 Å². The summed E-state index contributed by atoms with van der Waals surface area (Å²) in [6.07, 6.45) is 1.87. The number of benzene rings is 4. The zero-order valence-electron chi connectivity index (χ0n) is 16.3. The molecule has 0 aliphatic carbocycles. The number of hydrogen-bond donors (Lipinski definition) is 0. The molecule has 4 aromatic rings. The van der Waals surface area contributed by atoms with E-state index in [1.54, 1.807) is 0 Å². The summed E-state index contributed by atoms with van der Waals surface area (Å²) in [5.41, 5.74) is 3.49. The lowest BCUT2D eigenvalue weighted by atomic mass is 10.0. The van der Waals surface area contributed by atoms with E-state index in [4.69, 9.17) is 4.74 Å². The molecule has 0 aliphatic rings. The largest absolute Gasteiger partial charge is 0.487 e. The van der Waals surface area contributed by atoms with Crippen molar-refractivity contribution in [2.75, 3.05) is 0 Å². The maximum Gasteiger partial charge on any atom is 0.148 e. The van der Waals surface area contributed by atoms with Gasteiger partial charge in [-0.2, -0.15) is 5.26 Å². The third-order valence-corrected chi connectivity index (χ3v) is 6.57. The van der Waals surface area contributed by atoms with Crippen LogP contribution in [-0.2, 0) is 6.61 Å². The maximum atomic E-state index is 9.62. The predicted molar refractivity (Wildman–Crippen MR) is 138 cm³/mol. The van der Waals surface area contributed by atoms with Gasteiger partial charge in [-0.05, 0) is 89.7 Å². The topological polar surface area (TPSA) is 33.0 Å². The molecule has 0 atom stereocenters. The van der Waals surface area contributed by atoms with Gasteiger partial charge in [0.05, 0.1) is 20.6 Å². The average Bonchev–Trinajstić information content (AvgIpc) is 2.77. The van der Waals surface area contributed by atoms with Crippen molar-refractivity contribution in [2.24, 2.45) is 0 Å². The van der Waals surface area contributed by atoms with Crippen LogP contribution in [0.15, 0.2) is 92.3 Å². The van der Waals surface area contributed by atoms with E-state index < -0.39 is 0 Å². The summed E-state index contributed by atoms with van der Waals surface area (Å²) in [5, 5.41) is 12.0. The highest BCUT2D eigenvalue weighted by Gasteiger charge is 2.11. The number of ether oxygens (including phenoxy) is 1. The molecule has 0 aliphatic heterocycles. The molecule has 0 unspecified atom stereocenters. The summed E-state index contributed by atoms with van der Waals surface area (Å²) in [7, 11) is 0. The van der Waals surface area contributed by atoms with Crippen LogP contribution in [0.3, 0.4) is 0 Å². The highest BCUT2D eigenvalue weighted by atomic mass is 79.9. The number of allylic oxidation sites excluding steroid dienone is 1. The SMILES string of the molecule is N#C/C(=C/c1cc(Br)c(OCc2cccc3ccccc23)c(Br)c1)c1ccc(Br)cc1. The Hall–Kier alpha value is -2.39. The van der Waals surface area contributed by atoms with Crippen LogP contribution in [-0.4, -0.2) is 0 Å². The molecule has 0 heterocycles. The van der Waals surface area contributed by atoms with Crippen LogP contribution in [0.5, 0.6) is 5.75 Å². The predicted octanol–water partition coefficient (Wildman–Crippen LogP) is 8.77. The molecule has 0 radical (unpaired) electrons. The Bertz CT molecular complexity index is 1290. The van der Waals surface area contributed by atoms with Crippen LogP contribution < -0.4 is 4.74 Å². The van der Waals surface area contributed by atoms with Crippen LogP contribution in [0.2, 0.25) is 0 Å². The molecule has 4 aromatic carbocycles. The first-order chi connectivity index (χ1) is 15.0. The normalized spacial score (nSPS) is 11.4. The highest BCUT2D eigenvalue weighted by molar-refractivity contribution is 9.11. The summed E-state index contributed by atoms with van der Waals surface area (Å²) in [6, 6.07) is 28.4. The number of rotatable bonds is 5. The van der Waals surface area contributed by atoms with Crippen molar-refractivity contribution in [1.29, 1.82) is 5.26 Å². The van der Waals surface area contributed by atoms with Gasteiger partial charge in [0.1, 0.15) is 12.4 Å². The Morgan fingerprint density at radius 2 is 1.55 bits per heavy atom. The monoisotopic (exact) mass is 595 g/mol. The lowest BCUT2D eigenvalue weighted by Gasteiger charge is -2.13. The second-order valence-electron chi connectivity index (χ2n) is 6.92. The highest BCUT2D eigenvalue weighted by Crippen LogP contribution is 2.37. The van der Waals surface area contributed by atoms with Crippen LogP contribution in [0.25, 0.3) is 22.4 Å². The first kappa shape index (κ1) is 21.8. The minimum absolute atomic E-state index is 0.454. The lowest BCUT2D eigenvalue weighted by Crippen LogP contribution is -1.98. The second kappa shape index (κ2) is 9.82. The second-order valence-corrected chi connectivity index (χ2v) is 9.54. The zero-order valence-corrected chi connectivity index (χ0v) is 21.0. The Morgan fingerprint density at radius 3 is 2.26 bits per heavy atom. The number of nitriles is 1. The third kappa shape index (κ3) is 5.10. The summed E-state index contributed by atoms with van der Waals surface area (Å²) in [5.74, 6) is 0.729. The molecule has 0 spiro atoms. The van der Waals surface area contributed by atoms with Crippen LogP contribution in [0, 0.1) is 11.3 Å². The van der Waals surface area contributed by atoms with Crippen molar-refractivity contribution in [3.63, 3.8) is 0 Å². The molecule has 4 rings (SSSR count). The Balaban J connectivity index is 1.60. The Kier molecular flexibility index (Phi) is 6.92. The van der Waals surface area contributed by atoms with Gasteiger partial charge in [-0.25, -0.2) is 0 Å². The Labute approximate surface area is 206 Å². The molecule has 0 bridgehead atoms. The van der Waals surface area contributed by atoms with Crippen molar-refractivity contribution in [2.45, 2.75) is 6.61 Å². The van der Waals surface area contributed by atoms with Gasteiger partial charge in [0, 0.05) is 4.47 Å². The zero-order chi connectivity index (χ0) is 21.8. The van der Waals surface area contributed by atoms with E-state index in [0.717, 1.165) is 35.9 Å². The van der Waals surface area contributed by atoms with Gasteiger partial charge < -0.3 is 4.74 Å². The van der Waals surface area contributed by atoms with Gasteiger partial charge in [0.2, 0.25) is 0 Å². The van der Waals surface area contributed by atoms with Gasteiger partial charge in [-0.1, -0.05) is 70.5 Å². The van der Waals surface area contributed by atoms with E-state index in [1.165, 1.54) is 10.8 Å². The Morgan fingerprint density at radius 1 is 0.871 bits per heavy atom. The molecule has 152 valence electrons. The van der Waals surface area contributed by atoms with E-state index in [0.29, 0.717) is 12.2 Å². The quantitative estimate of drug-likeness (QED) is 0.170. The fourth-order valence-corrected chi connectivity index (χ4v) is 5.06. The van der Waals surface area contributed by atoms with Crippen LogP contribution in [0.1, 0.15) is 16.7 Å². The van der Waals surface area contributed by atoms with Gasteiger partial charge in [-0.3, -0.25) is 0 Å². The summed E-state index contributed by atoms with van der Waals surface area (Å²) in [4.78, 5) is 0. The molecule has 0 saturated heterocycles. The minimum Gasteiger partial charge on any atom is -0.487 e.